The predicted octanol–water partition coefficient (Wildman–Crippen LogP) is 2.82. The quantitative estimate of drug-likeness (QED) is 0.815. The van der Waals surface area contributed by atoms with E-state index in [1.54, 1.807) is 11.8 Å². The van der Waals surface area contributed by atoms with Gasteiger partial charge in [0, 0.05) is 23.2 Å². The summed E-state index contributed by atoms with van der Waals surface area (Å²) in [6.45, 7) is 4.70. The molecule has 3 nitrogen and oxygen atoms in total. The van der Waals surface area contributed by atoms with E-state index in [2.05, 4.69) is 18.2 Å². The minimum Gasteiger partial charge on any atom is -0.460 e. The molecule has 0 saturated carbocycles. The third kappa shape index (κ3) is 3.07. The molecule has 0 bridgehead atoms. The highest BCUT2D eigenvalue weighted by molar-refractivity contribution is 7.98. The number of hydrogen-bond acceptors (Lipinski definition) is 4. The summed E-state index contributed by atoms with van der Waals surface area (Å²) in [5.74, 6) is 2.82. The van der Waals surface area contributed by atoms with Crippen molar-refractivity contribution >= 4 is 22.7 Å². The lowest BCUT2D eigenvalue weighted by molar-refractivity contribution is 0.547. The van der Waals surface area contributed by atoms with Crippen LogP contribution in [0.25, 0.3) is 11.0 Å². The molecule has 98 valence electrons. The Labute approximate surface area is 112 Å². The van der Waals surface area contributed by atoms with E-state index in [0.29, 0.717) is 6.54 Å². The highest BCUT2D eigenvalue weighted by Gasteiger charge is 2.15. The van der Waals surface area contributed by atoms with Gasteiger partial charge in [-0.1, -0.05) is 12.1 Å². The second-order valence-corrected chi connectivity index (χ2v) is 6.13. The van der Waals surface area contributed by atoms with E-state index in [1.807, 2.05) is 19.9 Å². The maximum atomic E-state index is 6.09. The summed E-state index contributed by atoms with van der Waals surface area (Å²) in [5, 5.41) is 1.13. The van der Waals surface area contributed by atoms with E-state index < -0.39 is 0 Å². The molecule has 0 saturated heterocycles. The van der Waals surface area contributed by atoms with Gasteiger partial charge < -0.3 is 15.9 Å². The van der Waals surface area contributed by atoms with Crippen LogP contribution in [0.4, 0.5) is 0 Å². The van der Waals surface area contributed by atoms with Crippen molar-refractivity contribution in [2.45, 2.75) is 25.1 Å². The average Bonchev–Trinajstić information content (AvgIpc) is 2.69. The first-order valence-electron chi connectivity index (χ1n) is 6.10. The third-order valence-electron chi connectivity index (χ3n) is 2.82. The lowest BCUT2D eigenvalue weighted by Gasteiger charge is -2.18. The van der Waals surface area contributed by atoms with Crippen LogP contribution in [0.1, 0.15) is 25.2 Å². The highest BCUT2D eigenvalue weighted by Crippen LogP contribution is 2.26. The lowest BCUT2D eigenvalue weighted by atomic mass is 9.95. The number of hydrogen-bond donors (Lipinski definition) is 2. The van der Waals surface area contributed by atoms with Crippen LogP contribution in [-0.2, 0) is 11.3 Å². The smallest absolute Gasteiger partial charge is 0.134 e. The topological polar surface area (TPSA) is 65.2 Å². The van der Waals surface area contributed by atoms with Gasteiger partial charge in [0.15, 0.2) is 0 Å². The summed E-state index contributed by atoms with van der Waals surface area (Å²) in [6.07, 6.45) is 0. The summed E-state index contributed by atoms with van der Waals surface area (Å²) >= 11 is 1.79. The summed E-state index contributed by atoms with van der Waals surface area (Å²) in [7, 11) is 0. The van der Waals surface area contributed by atoms with Crippen LogP contribution >= 0.6 is 11.8 Å². The van der Waals surface area contributed by atoms with Gasteiger partial charge in [0.1, 0.15) is 11.3 Å². The van der Waals surface area contributed by atoms with Gasteiger partial charge >= 0.3 is 0 Å². The maximum Gasteiger partial charge on any atom is 0.134 e. The van der Waals surface area contributed by atoms with Gasteiger partial charge in [0.25, 0.3) is 0 Å². The number of fused-ring (bicyclic) bond motifs is 1. The molecule has 0 aliphatic rings. The molecule has 2 rings (SSSR count). The van der Waals surface area contributed by atoms with E-state index in [9.17, 15) is 0 Å². The number of furan rings is 1. The van der Waals surface area contributed by atoms with Crippen molar-refractivity contribution in [1.82, 2.24) is 0 Å². The van der Waals surface area contributed by atoms with Gasteiger partial charge in [-0.2, -0.15) is 11.8 Å². The number of thioether (sulfide) groups is 1. The molecule has 1 heterocycles. The molecular formula is C14H20N2OS. The van der Waals surface area contributed by atoms with E-state index in [1.165, 1.54) is 0 Å². The highest BCUT2D eigenvalue weighted by atomic mass is 32.2. The Hall–Kier alpha value is -0.970. The Morgan fingerprint density at radius 2 is 2.06 bits per heavy atom. The van der Waals surface area contributed by atoms with Gasteiger partial charge in [-0.3, -0.25) is 0 Å². The molecular weight excluding hydrogens is 244 g/mol. The fourth-order valence-electron chi connectivity index (χ4n) is 1.81. The first kappa shape index (κ1) is 13.5. The molecule has 1 aromatic heterocycles. The number of benzene rings is 1. The molecule has 0 aliphatic carbocycles. The van der Waals surface area contributed by atoms with E-state index >= 15 is 0 Å². The Bertz CT molecular complexity index is 528. The minimum absolute atomic E-state index is 0.338. The Morgan fingerprint density at radius 1 is 1.28 bits per heavy atom. The molecule has 0 aliphatic heterocycles. The van der Waals surface area contributed by atoms with Gasteiger partial charge in [-0.05, 0) is 31.5 Å². The fraction of sp³-hybridized carbons (Fsp3) is 0.429. The van der Waals surface area contributed by atoms with Gasteiger partial charge in [0.05, 0.1) is 5.75 Å². The molecule has 2 aromatic rings. The summed E-state index contributed by atoms with van der Waals surface area (Å²) in [6, 6.07) is 8.26. The van der Waals surface area contributed by atoms with Crippen molar-refractivity contribution in [3.63, 3.8) is 0 Å². The second kappa shape index (κ2) is 5.34. The number of nitrogens with two attached hydrogens (primary N) is 2. The second-order valence-electron chi connectivity index (χ2n) is 5.03. The van der Waals surface area contributed by atoms with Gasteiger partial charge in [0.2, 0.25) is 0 Å². The molecule has 0 amide bonds. The monoisotopic (exact) mass is 264 g/mol. The molecule has 1 aromatic carbocycles. The Kier molecular flexibility index (Phi) is 4.00. The minimum atomic E-state index is -0.338. The normalized spacial score (nSPS) is 12.2. The molecule has 0 unspecified atom stereocenters. The predicted molar refractivity (Wildman–Crippen MR) is 78.6 cm³/mol. The van der Waals surface area contributed by atoms with Crippen molar-refractivity contribution in [3.8, 4) is 0 Å². The van der Waals surface area contributed by atoms with Crippen LogP contribution < -0.4 is 11.5 Å². The fourth-order valence-corrected chi connectivity index (χ4v) is 2.47. The van der Waals surface area contributed by atoms with Gasteiger partial charge in [-0.15, -0.1) is 0 Å². The molecule has 18 heavy (non-hydrogen) atoms. The first-order chi connectivity index (χ1) is 8.50. The third-order valence-corrected chi connectivity index (χ3v) is 3.83. The molecule has 4 heteroatoms. The average molecular weight is 264 g/mol. The van der Waals surface area contributed by atoms with Crippen LogP contribution in [-0.4, -0.2) is 12.3 Å². The SMILES string of the molecule is CC(C)(N)c1ccc2cc(CSCCN)oc2c1. The Balaban J connectivity index is 2.23. The number of rotatable bonds is 5. The van der Waals surface area contributed by atoms with Crippen LogP contribution in [0.3, 0.4) is 0 Å². The molecule has 0 fully saturated rings. The van der Waals surface area contributed by atoms with E-state index in [-0.39, 0.29) is 5.54 Å². The van der Waals surface area contributed by atoms with Crippen LogP contribution in [0.2, 0.25) is 0 Å². The molecule has 0 atom stereocenters. The zero-order chi connectivity index (χ0) is 13.2. The van der Waals surface area contributed by atoms with Crippen molar-refractivity contribution in [3.05, 3.63) is 35.6 Å². The van der Waals surface area contributed by atoms with E-state index in [4.69, 9.17) is 15.9 Å². The first-order valence-corrected chi connectivity index (χ1v) is 7.26. The summed E-state index contributed by atoms with van der Waals surface area (Å²) in [5.41, 5.74) is 13.2. The standard InChI is InChI=1S/C14H20N2OS/c1-14(2,16)11-4-3-10-7-12(9-18-6-5-15)17-13(10)8-11/h3-4,7-8H,5-6,9,15-16H2,1-2H3. The van der Waals surface area contributed by atoms with Crippen LogP contribution in [0.5, 0.6) is 0 Å². The molecule has 4 N–H and O–H groups in total. The van der Waals surface area contributed by atoms with Crippen molar-refractivity contribution in [2.24, 2.45) is 11.5 Å². The Morgan fingerprint density at radius 3 is 2.72 bits per heavy atom. The van der Waals surface area contributed by atoms with Crippen LogP contribution in [0.15, 0.2) is 28.7 Å². The summed E-state index contributed by atoms with van der Waals surface area (Å²) in [4.78, 5) is 0. The maximum absolute atomic E-state index is 6.09. The van der Waals surface area contributed by atoms with Crippen LogP contribution in [0, 0.1) is 0 Å². The van der Waals surface area contributed by atoms with Crippen molar-refractivity contribution in [1.29, 1.82) is 0 Å². The van der Waals surface area contributed by atoms with E-state index in [0.717, 1.165) is 33.8 Å². The van der Waals surface area contributed by atoms with Crippen molar-refractivity contribution < 1.29 is 4.42 Å². The zero-order valence-corrected chi connectivity index (χ0v) is 11.7. The zero-order valence-electron chi connectivity index (χ0n) is 10.9. The summed E-state index contributed by atoms with van der Waals surface area (Å²) < 4.78 is 5.83. The lowest BCUT2D eigenvalue weighted by Crippen LogP contribution is -2.28. The molecule has 0 radical (unpaired) electrons. The largest absolute Gasteiger partial charge is 0.460 e. The van der Waals surface area contributed by atoms with Gasteiger partial charge in [-0.25, -0.2) is 0 Å². The van der Waals surface area contributed by atoms with Crippen molar-refractivity contribution in [2.75, 3.05) is 12.3 Å². The molecule has 0 spiro atoms.